The van der Waals surface area contributed by atoms with E-state index < -0.39 is 0 Å². The summed E-state index contributed by atoms with van der Waals surface area (Å²) >= 11 is 0. The van der Waals surface area contributed by atoms with Gasteiger partial charge in [-0.05, 0) is 50.7 Å². The average Bonchev–Trinajstić information content (AvgIpc) is 2.47. The molecule has 112 valence electrons. The second-order valence-corrected chi connectivity index (χ2v) is 6.86. The molecule has 21 heavy (non-hydrogen) atoms. The Bertz CT molecular complexity index is 640. The zero-order valence-corrected chi connectivity index (χ0v) is 12.6. The van der Waals surface area contributed by atoms with Crippen LogP contribution in [0.2, 0.25) is 0 Å². The number of fused-ring (bicyclic) bond motifs is 3. The van der Waals surface area contributed by atoms with Gasteiger partial charge in [0, 0.05) is 12.0 Å². The molecular formula is C18H22O3. The highest BCUT2D eigenvalue weighted by molar-refractivity contribution is 5.60. The summed E-state index contributed by atoms with van der Waals surface area (Å²) < 4.78 is 11.6. The summed E-state index contributed by atoms with van der Waals surface area (Å²) in [5, 5.41) is 0. The summed E-state index contributed by atoms with van der Waals surface area (Å²) in [6.45, 7) is 1.81. The molecule has 3 heteroatoms. The molecule has 0 radical (unpaired) electrons. The van der Waals surface area contributed by atoms with Gasteiger partial charge in [0.15, 0.2) is 0 Å². The highest BCUT2D eigenvalue weighted by atomic mass is 16.5. The zero-order valence-electron chi connectivity index (χ0n) is 12.6. The van der Waals surface area contributed by atoms with Crippen LogP contribution in [0.3, 0.4) is 0 Å². The lowest BCUT2D eigenvalue weighted by Crippen LogP contribution is -2.50. The number of hydrogen-bond donors (Lipinski definition) is 0. The molecule has 1 spiro atoms. The van der Waals surface area contributed by atoms with Crippen LogP contribution in [0, 0.1) is 18.8 Å². The van der Waals surface area contributed by atoms with Gasteiger partial charge in [0.2, 0.25) is 0 Å². The largest absolute Gasteiger partial charge is 0.482 e. The first kappa shape index (κ1) is 13.2. The minimum Gasteiger partial charge on any atom is -0.482 e. The van der Waals surface area contributed by atoms with Crippen LogP contribution in [0.1, 0.15) is 56.3 Å². The number of aryl methyl sites for hydroxylation is 1. The molecule has 3 atom stereocenters. The predicted octanol–water partition coefficient (Wildman–Crippen LogP) is 4.08. The normalized spacial score (nSPS) is 34.1. The van der Waals surface area contributed by atoms with E-state index in [2.05, 4.69) is 6.08 Å². The van der Waals surface area contributed by atoms with Gasteiger partial charge in [0.05, 0.1) is 0 Å². The molecule has 2 saturated carbocycles. The average molecular weight is 286 g/mol. The van der Waals surface area contributed by atoms with Crippen molar-refractivity contribution in [3.05, 3.63) is 33.9 Å². The molecular weight excluding hydrogens is 264 g/mol. The van der Waals surface area contributed by atoms with Gasteiger partial charge in [-0.15, -0.1) is 0 Å². The van der Waals surface area contributed by atoms with E-state index in [1.54, 1.807) is 6.92 Å². The van der Waals surface area contributed by atoms with E-state index in [9.17, 15) is 4.79 Å². The van der Waals surface area contributed by atoms with Gasteiger partial charge in [-0.1, -0.05) is 19.3 Å². The Kier molecular flexibility index (Phi) is 2.98. The Hall–Kier alpha value is -1.51. The smallest absolute Gasteiger partial charge is 0.346 e. The summed E-state index contributed by atoms with van der Waals surface area (Å²) in [5.74, 6) is 2.74. The van der Waals surface area contributed by atoms with Crippen molar-refractivity contribution >= 4 is 6.08 Å². The second kappa shape index (κ2) is 4.75. The molecule has 1 aromatic heterocycles. The maximum atomic E-state index is 11.9. The Labute approximate surface area is 125 Å². The molecule has 4 rings (SSSR count). The first-order valence-electron chi connectivity index (χ1n) is 8.21. The van der Waals surface area contributed by atoms with Crippen molar-refractivity contribution in [1.29, 1.82) is 0 Å². The van der Waals surface area contributed by atoms with Gasteiger partial charge >= 0.3 is 5.63 Å². The first-order chi connectivity index (χ1) is 10.2. The SMILES string of the molecule is Cc1cc2c(c(=O)o1)C=C[C@]1(CCC[C@@H]3CCCC[C@H]31)O2. The molecule has 3 aliphatic rings. The van der Waals surface area contributed by atoms with Crippen LogP contribution in [-0.2, 0) is 0 Å². The maximum Gasteiger partial charge on any atom is 0.346 e. The van der Waals surface area contributed by atoms with E-state index in [0.717, 1.165) is 18.1 Å². The van der Waals surface area contributed by atoms with Crippen molar-refractivity contribution in [2.24, 2.45) is 11.8 Å². The number of ether oxygens (including phenoxy) is 1. The molecule has 0 amide bonds. The fourth-order valence-electron chi connectivity index (χ4n) is 4.65. The molecule has 0 aromatic carbocycles. The fraction of sp³-hybridized carbons (Fsp3) is 0.611. The van der Waals surface area contributed by atoms with Crippen LogP contribution in [-0.4, -0.2) is 5.60 Å². The van der Waals surface area contributed by atoms with E-state index in [4.69, 9.17) is 9.15 Å². The lowest BCUT2D eigenvalue weighted by Gasteiger charge is -2.49. The monoisotopic (exact) mass is 286 g/mol. The van der Waals surface area contributed by atoms with Crippen molar-refractivity contribution in [3.63, 3.8) is 0 Å². The Morgan fingerprint density at radius 2 is 2.00 bits per heavy atom. The predicted molar refractivity (Wildman–Crippen MR) is 81.4 cm³/mol. The second-order valence-electron chi connectivity index (χ2n) is 6.86. The third-order valence-electron chi connectivity index (χ3n) is 5.58. The van der Waals surface area contributed by atoms with Gasteiger partial charge in [0.1, 0.15) is 22.7 Å². The molecule has 0 N–H and O–H groups in total. The Balaban J connectivity index is 1.75. The van der Waals surface area contributed by atoms with Gasteiger partial charge in [-0.2, -0.15) is 0 Å². The van der Waals surface area contributed by atoms with E-state index >= 15 is 0 Å². The number of hydrogen-bond acceptors (Lipinski definition) is 3. The van der Waals surface area contributed by atoms with Crippen molar-refractivity contribution in [2.45, 2.75) is 57.5 Å². The molecule has 2 aliphatic carbocycles. The number of rotatable bonds is 0. The van der Waals surface area contributed by atoms with Gasteiger partial charge in [-0.3, -0.25) is 0 Å². The Morgan fingerprint density at radius 3 is 2.90 bits per heavy atom. The third kappa shape index (κ3) is 2.05. The van der Waals surface area contributed by atoms with Crippen LogP contribution in [0.15, 0.2) is 21.4 Å². The summed E-state index contributed by atoms with van der Waals surface area (Å²) in [5.41, 5.74) is 0.104. The highest BCUT2D eigenvalue weighted by Crippen LogP contribution is 2.50. The van der Waals surface area contributed by atoms with Gasteiger partial charge in [0.25, 0.3) is 0 Å². The summed E-state index contributed by atoms with van der Waals surface area (Å²) in [6.07, 6.45) is 13.0. The quantitative estimate of drug-likeness (QED) is 0.721. The summed E-state index contributed by atoms with van der Waals surface area (Å²) in [7, 11) is 0. The van der Waals surface area contributed by atoms with Crippen LogP contribution in [0.4, 0.5) is 0 Å². The van der Waals surface area contributed by atoms with Crippen LogP contribution in [0.5, 0.6) is 5.75 Å². The van der Waals surface area contributed by atoms with Crippen molar-refractivity contribution in [3.8, 4) is 5.75 Å². The van der Waals surface area contributed by atoms with Crippen LogP contribution in [0.25, 0.3) is 6.08 Å². The summed E-state index contributed by atoms with van der Waals surface area (Å²) in [6, 6.07) is 1.87. The maximum absolute atomic E-state index is 11.9. The topological polar surface area (TPSA) is 39.4 Å². The molecule has 1 aliphatic heterocycles. The van der Waals surface area contributed by atoms with Crippen molar-refractivity contribution in [2.75, 3.05) is 0 Å². The minimum absolute atomic E-state index is 0.184. The highest BCUT2D eigenvalue weighted by Gasteiger charge is 2.48. The molecule has 0 bridgehead atoms. The summed E-state index contributed by atoms with van der Waals surface area (Å²) in [4.78, 5) is 11.9. The van der Waals surface area contributed by atoms with E-state index in [1.807, 2.05) is 12.1 Å². The molecule has 0 unspecified atom stereocenters. The molecule has 2 heterocycles. The van der Waals surface area contributed by atoms with E-state index in [1.165, 1.54) is 38.5 Å². The van der Waals surface area contributed by atoms with Crippen LogP contribution < -0.4 is 10.4 Å². The molecule has 1 aromatic rings. The van der Waals surface area contributed by atoms with E-state index in [-0.39, 0.29) is 11.2 Å². The van der Waals surface area contributed by atoms with Crippen molar-refractivity contribution < 1.29 is 9.15 Å². The van der Waals surface area contributed by atoms with Crippen LogP contribution >= 0.6 is 0 Å². The van der Waals surface area contributed by atoms with Crippen molar-refractivity contribution in [1.82, 2.24) is 0 Å². The standard InChI is InChI=1S/C18H22O3/c1-12-11-16-14(17(19)20-12)8-10-18(21-16)9-4-6-13-5-2-3-7-15(13)18/h8,10-11,13,15H,2-7,9H2,1H3/t13-,15+,18-/m0/s1. The molecule has 0 saturated heterocycles. The lowest BCUT2D eigenvalue weighted by atomic mass is 9.62. The lowest BCUT2D eigenvalue weighted by molar-refractivity contribution is -0.0335. The van der Waals surface area contributed by atoms with E-state index in [0.29, 0.717) is 17.2 Å². The van der Waals surface area contributed by atoms with Gasteiger partial charge in [-0.25, -0.2) is 4.79 Å². The van der Waals surface area contributed by atoms with Gasteiger partial charge < -0.3 is 9.15 Å². The molecule has 2 fully saturated rings. The minimum atomic E-state index is -0.285. The fourth-order valence-corrected chi connectivity index (χ4v) is 4.65. The Morgan fingerprint density at radius 1 is 1.19 bits per heavy atom. The molecule has 3 nitrogen and oxygen atoms in total. The third-order valence-corrected chi connectivity index (χ3v) is 5.58. The first-order valence-corrected chi connectivity index (χ1v) is 8.21. The zero-order chi connectivity index (χ0) is 14.4.